The van der Waals surface area contributed by atoms with Gasteiger partial charge in [-0.2, -0.15) is 0 Å². The molecule has 2 heteroatoms. The summed E-state index contributed by atoms with van der Waals surface area (Å²) in [7, 11) is 0. The Morgan fingerprint density at radius 2 is 1.91 bits per heavy atom. The van der Waals surface area contributed by atoms with Gasteiger partial charge in [-0.05, 0) is 87.0 Å². The summed E-state index contributed by atoms with van der Waals surface area (Å²) in [5, 5.41) is 0. The summed E-state index contributed by atoms with van der Waals surface area (Å²) in [5.41, 5.74) is 1.72. The fourth-order valence-electron chi connectivity index (χ4n) is 6.85. The summed E-state index contributed by atoms with van der Waals surface area (Å²) in [4.78, 5) is 23.8. The number of allylic oxidation sites excluding steroid dienone is 1. The summed E-state index contributed by atoms with van der Waals surface area (Å²) in [6, 6.07) is 0. The molecule has 0 N–H and O–H groups in total. The minimum atomic E-state index is 0.263. The zero-order valence-electron chi connectivity index (χ0n) is 13.9. The first-order valence-electron chi connectivity index (χ1n) is 9.24. The lowest BCUT2D eigenvalue weighted by molar-refractivity contribution is -0.127. The van der Waals surface area contributed by atoms with Crippen LogP contribution in [0, 0.1) is 35.0 Å². The average Bonchev–Trinajstić information content (AvgIpc) is 2.84. The maximum Gasteiger partial charge on any atom is 0.155 e. The van der Waals surface area contributed by atoms with E-state index < -0.39 is 0 Å². The quantitative estimate of drug-likeness (QED) is 0.722. The second kappa shape index (κ2) is 5.04. The average molecular weight is 300 g/mol. The van der Waals surface area contributed by atoms with E-state index in [0.29, 0.717) is 23.4 Å². The molecule has 4 rings (SSSR count). The van der Waals surface area contributed by atoms with Crippen LogP contribution in [0.4, 0.5) is 0 Å². The van der Waals surface area contributed by atoms with Crippen LogP contribution in [0.25, 0.3) is 0 Å². The number of hydrogen-bond acceptors (Lipinski definition) is 2. The molecular formula is C20H28O2. The van der Waals surface area contributed by atoms with Gasteiger partial charge in [0.2, 0.25) is 0 Å². The standard InChI is InChI=1S/C20H28O2/c1-12(21)18-7-8-19-17-5-3-13-11-14(22)4-6-15(13)16(17)9-10-20(18,19)2/h11,15-19H,3-10H2,1-2H3/t15-,16-,17-,18-,19+,20-/m1/s1. The van der Waals surface area contributed by atoms with Crippen molar-refractivity contribution >= 4 is 11.6 Å². The van der Waals surface area contributed by atoms with E-state index in [1.807, 2.05) is 6.08 Å². The first-order valence-corrected chi connectivity index (χ1v) is 9.24. The smallest absolute Gasteiger partial charge is 0.155 e. The first kappa shape index (κ1) is 14.7. The number of carbonyl (C=O) groups is 2. The van der Waals surface area contributed by atoms with Gasteiger partial charge in [-0.1, -0.05) is 12.5 Å². The molecule has 0 radical (unpaired) electrons. The predicted molar refractivity (Wildman–Crippen MR) is 86.3 cm³/mol. The van der Waals surface area contributed by atoms with Gasteiger partial charge in [0, 0.05) is 12.3 Å². The highest BCUT2D eigenvalue weighted by molar-refractivity contribution is 5.91. The highest BCUT2D eigenvalue weighted by Gasteiger charge is 2.57. The third-order valence-electron chi connectivity index (χ3n) is 7.79. The topological polar surface area (TPSA) is 34.1 Å². The van der Waals surface area contributed by atoms with Gasteiger partial charge in [-0.25, -0.2) is 0 Å². The highest BCUT2D eigenvalue weighted by Crippen LogP contribution is 2.63. The summed E-state index contributed by atoms with van der Waals surface area (Å²) >= 11 is 0. The van der Waals surface area contributed by atoms with Gasteiger partial charge in [-0.15, -0.1) is 0 Å². The predicted octanol–water partition coefficient (Wildman–Crippen LogP) is 4.33. The summed E-state index contributed by atoms with van der Waals surface area (Å²) in [6.45, 7) is 4.21. The van der Waals surface area contributed by atoms with Crippen molar-refractivity contribution in [2.75, 3.05) is 0 Å². The molecule has 4 aliphatic carbocycles. The molecule has 0 aliphatic heterocycles. The monoisotopic (exact) mass is 300 g/mol. The van der Waals surface area contributed by atoms with Crippen molar-refractivity contribution in [1.29, 1.82) is 0 Å². The van der Waals surface area contributed by atoms with Gasteiger partial charge in [0.1, 0.15) is 5.78 Å². The molecule has 6 atom stereocenters. The maximum atomic E-state index is 12.1. The fourth-order valence-corrected chi connectivity index (χ4v) is 6.85. The van der Waals surface area contributed by atoms with Crippen LogP contribution in [-0.4, -0.2) is 11.6 Å². The molecule has 0 bridgehead atoms. The molecule has 0 heterocycles. The summed E-state index contributed by atoms with van der Waals surface area (Å²) in [6.07, 6.45) is 11.1. The van der Waals surface area contributed by atoms with Crippen molar-refractivity contribution in [3.63, 3.8) is 0 Å². The van der Waals surface area contributed by atoms with E-state index in [2.05, 4.69) is 6.92 Å². The van der Waals surface area contributed by atoms with Crippen LogP contribution in [0.2, 0.25) is 0 Å². The van der Waals surface area contributed by atoms with E-state index >= 15 is 0 Å². The Kier molecular flexibility index (Phi) is 3.36. The van der Waals surface area contributed by atoms with Crippen molar-refractivity contribution in [3.8, 4) is 0 Å². The van der Waals surface area contributed by atoms with Crippen LogP contribution in [-0.2, 0) is 9.59 Å². The largest absolute Gasteiger partial charge is 0.300 e. The Balaban J connectivity index is 1.62. The minimum absolute atomic E-state index is 0.263. The van der Waals surface area contributed by atoms with Crippen LogP contribution in [0.3, 0.4) is 0 Å². The maximum absolute atomic E-state index is 12.1. The first-order chi connectivity index (χ1) is 10.5. The molecule has 0 amide bonds. The van der Waals surface area contributed by atoms with Crippen LogP contribution in [0.1, 0.15) is 65.2 Å². The molecule has 0 unspecified atom stereocenters. The Hall–Kier alpha value is -0.920. The van der Waals surface area contributed by atoms with Crippen LogP contribution in [0.15, 0.2) is 11.6 Å². The lowest BCUT2D eigenvalue weighted by Crippen LogP contribution is -2.47. The number of ketones is 2. The van der Waals surface area contributed by atoms with E-state index in [1.165, 1.54) is 31.3 Å². The third-order valence-corrected chi connectivity index (χ3v) is 7.79. The van der Waals surface area contributed by atoms with E-state index in [9.17, 15) is 9.59 Å². The molecule has 2 nitrogen and oxygen atoms in total. The van der Waals surface area contributed by atoms with E-state index in [-0.39, 0.29) is 5.41 Å². The number of hydrogen-bond donors (Lipinski definition) is 0. The number of rotatable bonds is 1. The number of Topliss-reactive ketones (excluding diaryl/α,β-unsaturated/α-hetero) is 1. The Morgan fingerprint density at radius 3 is 2.68 bits per heavy atom. The SMILES string of the molecule is CC(=O)[C@H]1CC[C@H]2[C@@H]3CCC4=CC(=O)CC[C@H]4[C@H]3CC[C@]12C. The normalized spacial score (nSPS) is 47.3. The van der Waals surface area contributed by atoms with Gasteiger partial charge in [-0.3, -0.25) is 9.59 Å². The van der Waals surface area contributed by atoms with Crippen LogP contribution < -0.4 is 0 Å². The molecule has 120 valence electrons. The molecular weight excluding hydrogens is 272 g/mol. The van der Waals surface area contributed by atoms with Gasteiger partial charge in [0.25, 0.3) is 0 Å². The van der Waals surface area contributed by atoms with E-state index in [0.717, 1.165) is 43.4 Å². The molecule has 0 aromatic heterocycles. The molecule has 22 heavy (non-hydrogen) atoms. The number of fused-ring (bicyclic) bond motifs is 5. The van der Waals surface area contributed by atoms with E-state index in [4.69, 9.17) is 0 Å². The third kappa shape index (κ3) is 1.98. The second-order valence-electron chi connectivity index (χ2n) is 8.59. The fraction of sp³-hybridized carbons (Fsp3) is 0.800. The molecule has 0 saturated heterocycles. The van der Waals surface area contributed by atoms with Crippen molar-refractivity contribution in [2.45, 2.75) is 65.2 Å². The highest BCUT2D eigenvalue weighted by atomic mass is 16.1. The molecule has 0 aromatic carbocycles. The molecule has 0 aromatic rings. The number of carbonyl (C=O) groups excluding carboxylic acids is 2. The second-order valence-corrected chi connectivity index (χ2v) is 8.59. The minimum Gasteiger partial charge on any atom is -0.300 e. The van der Waals surface area contributed by atoms with Gasteiger partial charge in [0.05, 0.1) is 0 Å². The van der Waals surface area contributed by atoms with Gasteiger partial charge < -0.3 is 0 Å². The molecule has 3 saturated carbocycles. The molecule has 0 spiro atoms. The zero-order valence-corrected chi connectivity index (χ0v) is 13.9. The van der Waals surface area contributed by atoms with Crippen molar-refractivity contribution < 1.29 is 9.59 Å². The Bertz CT molecular complexity index is 546. The Morgan fingerprint density at radius 1 is 1.09 bits per heavy atom. The van der Waals surface area contributed by atoms with Gasteiger partial charge >= 0.3 is 0 Å². The zero-order chi connectivity index (χ0) is 15.5. The molecule has 4 aliphatic rings. The lowest BCUT2D eigenvalue weighted by Gasteiger charge is -2.53. The van der Waals surface area contributed by atoms with Crippen molar-refractivity contribution in [2.24, 2.45) is 35.0 Å². The van der Waals surface area contributed by atoms with Crippen LogP contribution in [0.5, 0.6) is 0 Å². The Labute approximate surface area is 133 Å². The van der Waals surface area contributed by atoms with Crippen molar-refractivity contribution in [1.82, 2.24) is 0 Å². The molecule has 3 fully saturated rings. The van der Waals surface area contributed by atoms with Crippen LogP contribution >= 0.6 is 0 Å². The summed E-state index contributed by atoms with van der Waals surface area (Å²) < 4.78 is 0. The van der Waals surface area contributed by atoms with E-state index in [1.54, 1.807) is 6.92 Å². The van der Waals surface area contributed by atoms with Crippen molar-refractivity contribution in [3.05, 3.63) is 11.6 Å². The van der Waals surface area contributed by atoms with Gasteiger partial charge in [0.15, 0.2) is 5.78 Å². The lowest BCUT2D eigenvalue weighted by atomic mass is 9.51. The summed E-state index contributed by atoms with van der Waals surface area (Å²) in [5.74, 6) is 4.10.